The Balaban J connectivity index is 0.00000140. The molecule has 7 nitrogen and oxygen atoms in total. The molecule has 0 spiro atoms. The quantitative estimate of drug-likeness (QED) is 0.621. The zero-order chi connectivity index (χ0) is 17.9. The number of ether oxygens (including phenoxy) is 1. The van der Waals surface area contributed by atoms with Crippen molar-refractivity contribution in [3.63, 3.8) is 0 Å². The van der Waals surface area contributed by atoms with Crippen molar-refractivity contribution in [1.82, 2.24) is 15.1 Å². The zero-order valence-electron chi connectivity index (χ0n) is 15.4. The number of rotatable bonds is 6. The Morgan fingerprint density at radius 2 is 1.89 bits per heavy atom. The van der Waals surface area contributed by atoms with E-state index in [1.165, 1.54) is 0 Å². The Kier molecular flexibility index (Phi) is 7.62. The second-order valence-corrected chi connectivity index (χ2v) is 6.52. The van der Waals surface area contributed by atoms with Gasteiger partial charge >= 0.3 is 0 Å². The third kappa shape index (κ3) is 4.92. The van der Waals surface area contributed by atoms with Crippen molar-refractivity contribution in [3.05, 3.63) is 54.2 Å². The van der Waals surface area contributed by atoms with E-state index in [9.17, 15) is 0 Å². The van der Waals surface area contributed by atoms with Crippen LogP contribution in [0.5, 0.6) is 5.75 Å². The normalized spacial score (nSPS) is 17.6. The number of nitrogens with two attached hydrogens (primary N) is 1. The molecular weight excluding hydrogens is 401 g/mol. The molecule has 4 rings (SSSR count). The topological polar surface area (TPSA) is 99.1 Å². The van der Waals surface area contributed by atoms with Gasteiger partial charge in [-0.2, -0.15) is 0 Å². The lowest BCUT2D eigenvalue weighted by molar-refractivity contribution is 0.345. The molecule has 3 N–H and O–H groups in total. The van der Waals surface area contributed by atoms with Crippen LogP contribution >= 0.6 is 24.8 Å². The molecule has 28 heavy (non-hydrogen) atoms. The highest BCUT2D eigenvalue weighted by Crippen LogP contribution is 2.34. The number of anilines is 1. The fraction of sp³-hybridized carbons (Fsp3) is 0.316. The van der Waals surface area contributed by atoms with Crippen LogP contribution in [-0.2, 0) is 6.54 Å². The molecule has 2 heterocycles. The van der Waals surface area contributed by atoms with Crippen molar-refractivity contribution in [2.45, 2.75) is 31.3 Å². The van der Waals surface area contributed by atoms with Crippen molar-refractivity contribution >= 4 is 30.6 Å². The molecular formula is C19H23Cl2N5O2. The van der Waals surface area contributed by atoms with Crippen molar-refractivity contribution in [2.24, 2.45) is 5.73 Å². The van der Waals surface area contributed by atoms with Crippen LogP contribution in [0.3, 0.4) is 0 Å². The number of nitrogens with one attached hydrogen (secondary N) is 1. The average molecular weight is 424 g/mol. The van der Waals surface area contributed by atoms with Gasteiger partial charge in [-0.05, 0) is 37.1 Å². The molecule has 1 aliphatic carbocycles. The number of benzene rings is 1. The minimum atomic E-state index is 0. The summed E-state index contributed by atoms with van der Waals surface area (Å²) in [6.07, 6.45) is 3.57. The van der Waals surface area contributed by atoms with Crippen LogP contribution < -0.4 is 15.8 Å². The molecule has 0 saturated heterocycles. The summed E-state index contributed by atoms with van der Waals surface area (Å²) in [6.45, 7) is 0.504. The van der Waals surface area contributed by atoms with Crippen molar-refractivity contribution in [3.8, 4) is 17.0 Å². The smallest absolute Gasteiger partial charge is 0.156 e. The first kappa shape index (κ1) is 21.9. The van der Waals surface area contributed by atoms with Gasteiger partial charge in [-0.25, -0.2) is 9.97 Å². The summed E-state index contributed by atoms with van der Waals surface area (Å²) < 4.78 is 10.6. The largest absolute Gasteiger partial charge is 0.497 e. The average Bonchev–Trinajstić information content (AvgIpc) is 3.13. The van der Waals surface area contributed by atoms with Gasteiger partial charge in [-0.1, -0.05) is 5.16 Å². The third-order valence-electron chi connectivity index (χ3n) is 4.67. The van der Waals surface area contributed by atoms with Gasteiger partial charge in [0.15, 0.2) is 5.76 Å². The van der Waals surface area contributed by atoms with E-state index in [1.54, 1.807) is 13.4 Å². The SMILES string of the molecule is COc1ccc(-c2cc(CNc3cc(C4CC(N)C4)ncn3)on2)cc1.Cl.Cl. The number of hydrogen-bond donors (Lipinski definition) is 2. The molecule has 1 aromatic carbocycles. The number of aromatic nitrogens is 3. The second kappa shape index (κ2) is 9.73. The Bertz CT molecular complexity index is 882. The fourth-order valence-corrected chi connectivity index (χ4v) is 3.07. The van der Waals surface area contributed by atoms with Gasteiger partial charge in [-0.3, -0.25) is 0 Å². The predicted octanol–water partition coefficient (Wildman–Crippen LogP) is 3.80. The predicted molar refractivity (Wildman–Crippen MR) is 112 cm³/mol. The highest BCUT2D eigenvalue weighted by atomic mass is 35.5. The fourth-order valence-electron chi connectivity index (χ4n) is 3.07. The van der Waals surface area contributed by atoms with E-state index in [0.29, 0.717) is 18.5 Å². The lowest BCUT2D eigenvalue weighted by Crippen LogP contribution is -2.35. The summed E-state index contributed by atoms with van der Waals surface area (Å²) >= 11 is 0. The molecule has 0 atom stereocenters. The molecule has 0 unspecified atom stereocenters. The summed E-state index contributed by atoms with van der Waals surface area (Å²) in [7, 11) is 1.65. The van der Waals surface area contributed by atoms with Gasteiger partial charge in [0.25, 0.3) is 0 Å². The molecule has 1 aliphatic rings. The van der Waals surface area contributed by atoms with Crippen LogP contribution in [0, 0.1) is 0 Å². The Morgan fingerprint density at radius 1 is 1.14 bits per heavy atom. The molecule has 0 bridgehead atoms. The Labute approximate surface area is 175 Å². The summed E-state index contributed by atoms with van der Waals surface area (Å²) in [5.74, 6) is 2.77. The first-order valence-corrected chi connectivity index (χ1v) is 8.62. The summed E-state index contributed by atoms with van der Waals surface area (Å²) in [5, 5.41) is 7.39. The molecule has 9 heteroatoms. The van der Waals surface area contributed by atoms with Gasteiger partial charge < -0.3 is 20.3 Å². The molecule has 0 aliphatic heterocycles. The van der Waals surface area contributed by atoms with Gasteiger partial charge in [0, 0.05) is 35.3 Å². The van der Waals surface area contributed by atoms with Crippen molar-refractivity contribution in [1.29, 1.82) is 0 Å². The van der Waals surface area contributed by atoms with Gasteiger partial charge in [0.2, 0.25) is 0 Å². The maximum atomic E-state index is 5.86. The molecule has 0 amide bonds. The maximum Gasteiger partial charge on any atom is 0.156 e. The Morgan fingerprint density at radius 3 is 2.57 bits per heavy atom. The summed E-state index contributed by atoms with van der Waals surface area (Å²) in [4.78, 5) is 8.62. The maximum absolute atomic E-state index is 5.86. The van der Waals surface area contributed by atoms with E-state index in [1.807, 2.05) is 36.4 Å². The Hall–Kier alpha value is -2.35. The lowest BCUT2D eigenvalue weighted by atomic mass is 9.79. The van der Waals surface area contributed by atoms with Crippen molar-refractivity contribution in [2.75, 3.05) is 12.4 Å². The lowest BCUT2D eigenvalue weighted by Gasteiger charge is -2.31. The number of methoxy groups -OCH3 is 1. The third-order valence-corrected chi connectivity index (χ3v) is 4.67. The summed E-state index contributed by atoms with van der Waals surface area (Å²) in [5.41, 5.74) is 8.67. The van der Waals surface area contributed by atoms with Crippen LogP contribution in [0.2, 0.25) is 0 Å². The second-order valence-electron chi connectivity index (χ2n) is 6.52. The van der Waals surface area contributed by atoms with Crippen LogP contribution in [0.15, 0.2) is 47.2 Å². The van der Waals surface area contributed by atoms with E-state index in [0.717, 1.165) is 47.1 Å². The van der Waals surface area contributed by atoms with Crippen LogP contribution in [-0.4, -0.2) is 28.3 Å². The summed E-state index contributed by atoms with van der Waals surface area (Å²) in [6, 6.07) is 11.9. The minimum absolute atomic E-state index is 0. The van der Waals surface area contributed by atoms with E-state index in [4.69, 9.17) is 15.0 Å². The van der Waals surface area contributed by atoms with Gasteiger partial charge in [-0.15, -0.1) is 24.8 Å². The highest BCUT2D eigenvalue weighted by molar-refractivity contribution is 5.85. The van der Waals surface area contributed by atoms with Crippen LogP contribution in [0.4, 0.5) is 5.82 Å². The first-order chi connectivity index (χ1) is 12.7. The van der Waals surface area contributed by atoms with E-state index >= 15 is 0 Å². The molecule has 3 aromatic rings. The number of hydrogen-bond acceptors (Lipinski definition) is 7. The number of nitrogens with zero attached hydrogens (tertiary/aromatic N) is 3. The molecule has 0 radical (unpaired) electrons. The first-order valence-electron chi connectivity index (χ1n) is 8.62. The van der Waals surface area contributed by atoms with E-state index in [2.05, 4.69) is 20.4 Å². The standard InChI is InChI=1S/C19H21N5O2.2ClH/c1-25-15-4-2-12(3-5-15)18-8-16(26-24-18)10-21-19-9-17(22-11-23-19)13-6-14(20)7-13;;/h2-5,8-9,11,13-14H,6-7,10,20H2,1H3,(H,21,22,23);2*1H. The van der Waals surface area contributed by atoms with Crippen molar-refractivity contribution < 1.29 is 9.26 Å². The molecule has 150 valence electrons. The van der Waals surface area contributed by atoms with Crippen LogP contribution in [0.1, 0.15) is 30.2 Å². The molecule has 1 saturated carbocycles. The monoisotopic (exact) mass is 423 g/mol. The number of halogens is 2. The van der Waals surface area contributed by atoms with E-state index in [-0.39, 0.29) is 24.8 Å². The van der Waals surface area contributed by atoms with E-state index < -0.39 is 0 Å². The van der Waals surface area contributed by atoms with Crippen LogP contribution in [0.25, 0.3) is 11.3 Å². The molecule has 1 fully saturated rings. The zero-order valence-corrected chi connectivity index (χ0v) is 17.0. The highest BCUT2D eigenvalue weighted by Gasteiger charge is 2.28. The molecule has 2 aromatic heterocycles. The van der Waals surface area contributed by atoms with Gasteiger partial charge in [0.1, 0.15) is 23.6 Å². The van der Waals surface area contributed by atoms with Gasteiger partial charge in [0.05, 0.1) is 13.7 Å². The minimum Gasteiger partial charge on any atom is -0.497 e.